The van der Waals surface area contributed by atoms with E-state index in [0.717, 1.165) is 6.42 Å². The molecule has 1 saturated heterocycles. The van der Waals surface area contributed by atoms with Gasteiger partial charge in [0.15, 0.2) is 0 Å². The molecule has 3 heteroatoms. The summed E-state index contributed by atoms with van der Waals surface area (Å²) in [5.41, 5.74) is 0. The Labute approximate surface area is 68.7 Å². The molecule has 9 heavy (non-hydrogen) atoms. The van der Waals surface area contributed by atoms with Gasteiger partial charge in [-0.15, -0.1) is 0 Å². The molecular weight excluding hydrogens is 231 g/mol. The molecule has 1 aliphatic heterocycles. The van der Waals surface area contributed by atoms with Crippen LogP contribution in [0.5, 0.6) is 0 Å². The van der Waals surface area contributed by atoms with Crippen LogP contribution in [-0.4, -0.2) is 27.8 Å². The van der Waals surface area contributed by atoms with Crippen molar-refractivity contribution < 1.29 is 9.84 Å². The fourth-order valence-electron chi connectivity index (χ4n) is 0.891. The van der Waals surface area contributed by atoms with Gasteiger partial charge in [-0.05, 0) is 6.92 Å². The Morgan fingerprint density at radius 3 is 2.67 bits per heavy atom. The van der Waals surface area contributed by atoms with Crippen molar-refractivity contribution in [1.29, 1.82) is 0 Å². The van der Waals surface area contributed by atoms with Crippen molar-refractivity contribution in [3.8, 4) is 0 Å². The van der Waals surface area contributed by atoms with E-state index in [-0.39, 0.29) is 16.1 Å². The van der Waals surface area contributed by atoms with E-state index in [1.165, 1.54) is 0 Å². The quantitative estimate of drug-likeness (QED) is 0.542. The standard InChI is InChI=1S/C6H10IO2/c1-4(7)6-2-5(8)3-9-6/h4-6,8H,1-3H2/t4-,5?,6?/m0/s1. The molecule has 0 spiro atoms. The second-order valence-electron chi connectivity index (χ2n) is 2.28. The maximum atomic E-state index is 8.99. The highest BCUT2D eigenvalue weighted by molar-refractivity contribution is 14.1. The maximum absolute atomic E-state index is 8.99. The Hall–Kier alpha value is 0.650. The maximum Gasteiger partial charge on any atom is 0.0798 e. The van der Waals surface area contributed by atoms with E-state index in [2.05, 4.69) is 29.5 Å². The topological polar surface area (TPSA) is 29.5 Å². The predicted molar refractivity (Wildman–Crippen MR) is 43.5 cm³/mol. The van der Waals surface area contributed by atoms with E-state index in [1.54, 1.807) is 0 Å². The molecule has 1 radical (unpaired) electrons. The second kappa shape index (κ2) is 3.16. The Balaban J connectivity index is 2.30. The first-order chi connectivity index (χ1) is 4.20. The van der Waals surface area contributed by atoms with E-state index in [4.69, 9.17) is 9.84 Å². The second-order valence-corrected chi connectivity index (χ2v) is 3.88. The highest BCUT2D eigenvalue weighted by Gasteiger charge is 2.26. The number of aliphatic hydroxyl groups excluding tert-OH is 1. The van der Waals surface area contributed by atoms with Gasteiger partial charge in [0, 0.05) is 10.3 Å². The average molecular weight is 241 g/mol. The lowest BCUT2D eigenvalue weighted by atomic mass is 10.2. The Bertz CT molecular complexity index is 95.1. The number of rotatable bonds is 1. The molecule has 1 heterocycles. The molecule has 1 fully saturated rings. The van der Waals surface area contributed by atoms with Gasteiger partial charge in [0.25, 0.3) is 0 Å². The number of aliphatic hydroxyl groups is 1. The summed E-state index contributed by atoms with van der Waals surface area (Å²) in [7, 11) is 0. The van der Waals surface area contributed by atoms with Gasteiger partial charge < -0.3 is 9.84 Å². The van der Waals surface area contributed by atoms with Gasteiger partial charge in [-0.3, -0.25) is 0 Å². The van der Waals surface area contributed by atoms with Crippen LogP contribution in [0.4, 0.5) is 0 Å². The smallest absolute Gasteiger partial charge is 0.0798 e. The zero-order valence-electron chi connectivity index (χ0n) is 5.09. The first-order valence-electron chi connectivity index (χ1n) is 2.97. The molecule has 1 N–H and O–H groups in total. The third-order valence-electron chi connectivity index (χ3n) is 1.41. The average Bonchev–Trinajstić information content (AvgIpc) is 2.14. The molecule has 0 aromatic carbocycles. The summed E-state index contributed by atoms with van der Waals surface area (Å²) in [5, 5.41) is 8.99. The zero-order valence-corrected chi connectivity index (χ0v) is 7.24. The largest absolute Gasteiger partial charge is 0.391 e. The minimum atomic E-state index is -0.256. The van der Waals surface area contributed by atoms with E-state index in [9.17, 15) is 0 Å². The van der Waals surface area contributed by atoms with Crippen LogP contribution in [0.3, 0.4) is 0 Å². The highest BCUT2D eigenvalue weighted by Crippen LogP contribution is 2.20. The van der Waals surface area contributed by atoms with Gasteiger partial charge >= 0.3 is 0 Å². The van der Waals surface area contributed by atoms with Crippen LogP contribution >= 0.6 is 22.6 Å². The van der Waals surface area contributed by atoms with Gasteiger partial charge in [-0.25, -0.2) is 0 Å². The summed E-state index contributed by atoms with van der Waals surface area (Å²) < 4.78 is 5.47. The molecule has 3 atom stereocenters. The molecule has 2 unspecified atom stereocenters. The van der Waals surface area contributed by atoms with E-state index in [1.807, 2.05) is 0 Å². The SMILES string of the molecule is [CH2][C@H](I)C1CC(O)CO1. The minimum absolute atomic E-state index is 0.167. The van der Waals surface area contributed by atoms with Crippen LogP contribution in [0, 0.1) is 6.92 Å². The van der Waals surface area contributed by atoms with Crippen molar-refractivity contribution in [3.05, 3.63) is 6.92 Å². The molecule has 0 aliphatic carbocycles. The predicted octanol–water partition coefficient (Wildman–Crippen LogP) is 0.774. The fraction of sp³-hybridized carbons (Fsp3) is 0.833. The first kappa shape index (κ1) is 7.75. The summed E-state index contributed by atoms with van der Waals surface area (Å²) >= 11 is 2.21. The van der Waals surface area contributed by atoms with Gasteiger partial charge in [0.1, 0.15) is 0 Å². The Morgan fingerprint density at radius 1 is 1.78 bits per heavy atom. The third-order valence-corrected chi connectivity index (χ3v) is 2.21. The monoisotopic (exact) mass is 241 g/mol. The van der Waals surface area contributed by atoms with Crippen molar-refractivity contribution in [1.82, 2.24) is 0 Å². The Morgan fingerprint density at radius 2 is 2.44 bits per heavy atom. The van der Waals surface area contributed by atoms with Crippen molar-refractivity contribution in [2.45, 2.75) is 22.6 Å². The van der Waals surface area contributed by atoms with Crippen molar-refractivity contribution >= 4 is 22.6 Å². The van der Waals surface area contributed by atoms with Crippen molar-refractivity contribution in [2.75, 3.05) is 6.61 Å². The fourth-order valence-corrected chi connectivity index (χ4v) is 1.39. The summed E-state index contributed by atoms with van der Waals surface area (Å²) in [5.74, 6) is 0. The molecule has 0 bridgehead atoms. The summed E-state index contributed by atoms with van der Waals surface area (Å²) in [6, 6.07) is 0. The number of halogens is 1. The minimum Gasteiger partial charge on any atom is -0.391 e. The van der Waals surface area contributed by atoms with Gasteiger partial charge in [0.05, 0.1) is 18.8 Å². The van der Waals surface area contributed by atoms with Crippen LogP contribution in [0.25, 0.3) is 0 Å². The molecule has 0 saturated carbocycles. The number of alkyl halides is 1. The zero-order chi connectivity index (χ0) is 6.85. The van der Waals surface area contributed by atoms with Gasteiger partial charge in [0.2, 0.25) is 0 Å². The summed E-state index contributed by atoms with van der Waals surface area (Å²) in [6.07, 6.45) is 0.659. The lowest BCUT2D eigenvalue weighted by Gasteiger charge is -2.09. The van der Waals surface area contributed by atoms with E-state index >= 15 is 0 Å². The van der Waals surface area contributed by atoms with Crippen molar-refractivity contribution in [3.63, 3.8) is 0 Å². The first-order valence-corrected chi connectivity index (χ1v) is 4.21. The normalized spacial score (nSPS) is 39.0. The lowest BCUT2D eigenvalue weighted by Crippen LogP contribution is -2.16. The molecule has 1 rings (SSSR count). The number of hydrogen-bond donors (Lipinski definition) is 1. The molecule has 2 nitrogen and oxygen atoms in total. The highest BCUT2D eigenvalue weighted by atomic mass is 127. The van der Waals surface area contributed by atoms with E-state index < -0.39 is 0 Å². The lowest BCUT2D eigenvalue weighted by molar-refractivity contribution is 0.0938. The molecule has 53 valence electrons. The molecule has 0 aromatic heterocycles. The summed E-state index contributed by atoms with van der Waals surface area (Å²) in [4.78, 5) is 0. The van der Waals surface area contributed by atoms with Crippen LogP contribution < -0.4 is 0 Å². The van der Waals surface area contributed by atoms with Crippen LogP contribution in [-0.2, 0) is 4.74 Å². The third kappa shape index (κ3) is 2.05. The molecule has 1 aliphatic rings. The van der Waals surface area contributed by atoms with E-state index in [0.29, 0.717) is 6.61 Å². The summed E-state index contributed by atoms with van der Waals surface area (Å²) in [6.45, 7) is 4.29. The molecule has 0 amide bonds. The van der Waals surface area contributed by atoms with Crippen LogP contribution in [0.2, 0.25) is 0 Å². The number of ether oxygens (including phenoxy) is 1. The van der Waals surface area contributed by atoms with Crippen LogP contribution in [0.1, 0.15) is 6.42 Å². The molecular formula is C6H10IO2. The van der Waals surface area contributed by atoms with Gasteiger partial charge in [-0.1, -0.05) is 22.6 Å². The van der Waals surface area contributed by atoms with Crippen LogP contribution in [0.15, 0.2) is 0 Å². The van der Waals surface area contributed by atoms with Crippen molar-refractivity contribution in [2.24, 2.45) is 0 Å². The molecule has 0 aromatic rings. The number of hydrogen-bond acceptors (Lipinski definition) is 2. The van der Waals surface area contributed by atoms with Gasteiger partial charge in [-0.2, -0.15) is 0 Å². The Kier molecular flexibility index (Phi) is 2.73.